The number of pyridine rings is 1. The molecule has 9 heteroatoms. The van der Waals surface area contributed by atoms with E-state index in [9.17, 15) is 9.59 Å². The average molecular weight is 463 g/mol. The lowest BCUT2D eigenvalue weighted by Crippen LogP contribution is -2.32. The molecule has 2 aromatic rings. The predicted molar refractivity (Wildman–Crippen MR) is 113 cm³/mol. The van der Waals surface area contributed by atoms with Crippen LogP contribution >= 0.6 is 15.9 Å². The number of hydrogen-bond acceptors (Lipinski definition) is 6. The third kappa shape index (κ3) is 7.01. The summed E-state index contributed by atoms with van der Waals surface area (Å²) in [4.78, 5) is 33.1. The van der Waals surface area contributed by atoms with Gasteiger partial charge in [0.2, 0.25) is 5.91 Å². The van der Waals surface area contributed by atoms with Crippen LogP contribution in [0.3, 0.4) is 0 Å². The molecule has 3 rings (SSSR count). The first kappa shape index (κ1) is 21.0. The second kappa shape index (κ2) is 10.8. The minimum Gasteiger partial charge on any atom is -0.445 e. The summed E-state index contributed by atoms with van der Waals surface area (Å²) in [6, 6.07) is 9.73. The molecular weight excluding hydrogens is 440 g/mol. The summed E-state index contributed by atoms with van der Waals surface area (Å²) in [6.45, 7) is 1.05. The lowest BCUT2D eigenvalue weighted by molar-refractivity contribution is -0.121. The molecule has 2 N–H and O–H groups in total. The van der Waals surface area contributed by atoms with Crippen molar-refractivity contribution in [2.24, 2.45) is 5.16 Å². The van der Waals surface area contributed by atoms with Gasteiger partial charge in [-0.1, -0.05) is 23.4 Å². The Kier molecular flexibility index (Phi) is 7.80. The number of unbranched alkanes of at least 4 members (excludes halogenated alkanes) is 1. The van der Waals surface area contributed by atoms with Crippen molar-refractivity contribution in [3.63, 3.8) is 0 Å². The number of para-hydroxylation sites is 1. The number of oxime groups is 1. The van der Waals surface area contributed by atoms with E-state index in [1.807, 2.05) is 30.3 Å². The SMILES string of the molecule is O=C(CCCCNC(=O)OCc1cnc2ccccc2c1)NCC1CC(Br)=NO1. The molecule has 0 saturated heterocycles. The van der Waals surface area contributed by atoms with Crippen LogP contribution in [0.4, 0.5) is 4.79 Å². The van der Waals surface area contributed by atoms with Crippen molar-refractivity contribution < 1.29 is 19.2 Å². The molecule has 29 heavy (non-hydrogen) atoms. The number of carbonyl (C=O) groups is 2. The molecule has 1 aliphatic heterocycles. The second-order valence-corrected chi connectivity index (χ2v) is 7.61. The normalized spacial score (nSPS) is 15.5. The molecule has 154 valence electrons. The molecule has 0 spiro atoms. The Labute approximate surface area is 177 Å². The van der Waals surface area contributed by atoms with Crippen molar-refractivity contribution >= 4 is 43.5 Å². The first-order valence-electron chi connectivity index (χ1n) is 9.49. The molecule has 1 unspecified atom stereocenters. The highest BCUT2D eigenvalue weighted by atomic mass is 79.9. The summed E-state index contributed by atoms with van der Waals surface area (Å²) >= 11 is 3.25. The van der Waals surface area contributed by atoms with Crippen LogP contribution in [0.25, 0.3) is 10.9 Å². The van der Waals surface area contributed by atoms with Crippen LogP contribution in [0.1, 0.15) is 31.2 Å². The highest BCUT2D eigenvalue weighted by Crippen LogP contribution is 2.14. The highest BCUT2D eigenvalue weighted by molar-refractivity contribution is 9.18. The first-order valence-corrected chi connectivity index (χ1v) is 10.3. The quantitative estimate of drug-likeness (QED) is 0.556. The number of halogens is 1. The van der Waals surface area contributed by atoms with E-state index in [1.165, 1.54) is 0 Å². The third-order valence-corrected chi connectivity index (χ3v) is 4.81. The molecule has 1 aromatic carbocycles. The number of fused-ring (bicyclic) bond motifs is 1. The maximum absolute atomic E-state index is 11.8. The molecule has 1 aromatic heterocycles. The van der Waals surface area contributed by atoms with E-state index in [-0.39, 0.29) is 18.6 Å². The molecule has 1 aliphatic rings. The summed E-state index contributed by atoms with van der Waals surface area (Å²) in [5.74, 6) is -0.0389. The molecule has 0 radical (unpaired) electrons. The highest BCUT2D eigenvalue weighted by Gasteiger charge is 2.19. The first-order chi connectivity index (χ1) is 14.1. The smallest absolute Gasteiger partial charge is 0.407 e. The average Bonchev–Trinajstić information content (AvgIpc) is 3.15. The number of benzene rings is 1. The predicted octanol–water partition coefficient (Wildman–Crippen LogP) is 3.24. The van der Waals surface area contributed by atoms with Crippen LogP contribution in [-0.2, 0) is 21.0 Å². The standard InChI is InChI=1S/C20H23BrN4O4/c21-18-10-16(29-25-18)12-24-19(26)7-3-4-8-22-20(27)28-13-14-9-15-5-1-2-6-17(15)23-11-14/h1-2,5-6,9,11,16H,3-4,7-8,10,12-13H2,(H,22,27)(H,24,26). The lowest BCUT2D eigenvalue weighted by atomic mass is 10.2. The number of aromatic nitrogens is 1. The van der Waals surface area contributed by atoms with Gasteiger partial charge in [-0.2, -0.15) is 0 Å². The molecular formula is C20H23BrN4O4. The van der Waals surface area contributed by atoms with Crippen molar-refractivity contribution in [1.82, 2.24) is 15.6 Å². The Morgan fingerprint density at radius 2 is 2.10 bits per heavy atom. The molecule has 0 fully saturated rings. The van der Waals surface area contributed by atoms with Crippen molar-refractivity contribution in [3.05, 3.63) is 42.1 Å². The zero-order valence-electron chi connectivity index (χ0n) is 15.9. The molecule has 0 bridgehead atoms. The number of ether oxygens (including phenoxy) is 1. The van der Waals surface area contributed by atoms with Crippen LogP contribution in [0.2, 0.25) is 0 Å². The minimum absolute atomic E-state index is 0.0389. The number of rotatable bonds is 9. The van der Waals surface area contributed by atoms with Gasteiger partial charge in [-0.25, -0.2) is 4.79 Å². The van der Waals surface area contributed by atoms with E-state index >= 15 is 0 Å². The largest absolute Gasteiger partial charge is 0.445 e. The number of hydrogen-bond donors (Lipinski definition) is 2. The van der Waals surface area contributed by atoms with Crippen LogP contribution in [0.15, 0.2) is 41.7 Å². The molecule has 2 heterocycles. The molecule has 2 amide bonds. The number of amides is 2. The van der Waals surface area contributed by atoms with Gasteiger partial charge < -0.3 is 20.2 Å². The van der Waals surface area contributed by atoms with Gasteiger partial charge in [-0.3, -0.25) is 9.78 Å². The lowest BCUT2D eigenvalue weighted by Gasteiger charge is -2.10. The van der Waals surface area contributed by atoms with E-state index < -0.39 is 6.09 Å². The van der Waals surface area contributed by atoms with Gasteiger partial charge in [0.15, 0.2) is 6.10 Å². The van der Waals surface area contributed by atoms with Crippen LogP contribution in [-0.4, -0.2) is 40.8 Å². The Morgan fingerprint density at radius 1 is 1.24 bits per heavy atom. The van der Waals surface area contributed by atoms with Crippen molar-refractivity contribution in [2.45, 2.75) is 38.4 Å². The minimum atomic E-state index is -0.480. The number of nitrogens with zero attached hydrogens (tertiary/aromatic N) is 2. The zero-order valence-corrected chi connectivity index (χ0v) is 17.5. The van der Waals surface area contributed by atoms with Gasteiger partial charge in [-0.15, -0.1) is 0 Å². The van der Waals surface area contributed by atoms with Crippen molar-refractivity contribution in [2.75, 3.05) is 13.1 Å². The zero-order chi connectivity index (χ0) is 20.5. The Hall–Kier alpha value is -2.68. The van der Waals surface area contributed by atoms with Gasteiger partial charge >= 0.3 is 6.09 Å². The molecule has 0 saturated carbocycles. The summed E-state index contributed by atoms with van der Waals surface area (Å²) in [6.07, 6.45) is 3.54. The summed E-state index contributed by atoms with van der Waals surface area (Å²) < 4.78 is 5.97. The van der Waals surface area contributed by atoms with Crippen LogP contribution < -0.4 is 10.6 Å². The maximum Gasteiger partial charge on any atom is 0.407 e. The third-order valence-electron chi connectivity index (χ3n) is 4.34. The fraction of sp³-hybridized carbons (Fsp3) is 0.400. The topological polar surface area (TPSA) is 102 Å². The van der Waals surface area contributed by atoms with Crippen molar-refractivity contribution in [3.8, 4) is 0 Å². The Bertz CT molecular complexity index is 890. The number of alkyl carbamates (subject to hydrolysis) is 1. The van der Waals surface area contributed by atoms with E-state index in [0.29, 0.717) is 38.8 Å². The molecule has 8 nitrogen and oxygen atoms in total. The summed E-state index contributed by atoms with van der Waals surface area (Å²) in [7, 11) is 0. The van der Waals surface area contributed by atoms with Crippen LogP contribution in [0, 0.1) is 0 Å². The van der Waals surface area contributed by atoms with Gasteiger partial charge in [0, 0.05) is 36.5 Å². The Balaban J connectivity index is 1.23. The van der Waals surface area contributed by atoms with Gasteiger partial charge in [-0.05, 0) is 40.9 Å². The summed E-state index contributed by atoms with van der Waals surface area (Å²) in [5, 5.41) is 10.3. The van der Waals surface area contributed by atoms with Gasteiger partial charge in [0.25, 0.3) is 0 Å². The van der Waals surface area contributed by atoms with E-state index in [1.54, 1.807) is 6.20 Å². The fourth-order valence-electron chi connectivity index (χ4n) is 2.82. The van der Waals surface area contributed by atoms with E-state index in [0.717, 1.165) is 21.1 Å². The van der Waals surface area contributed by atoms with Gasteiger partial charge in [0.1, 0.15) is 11.2 Å². The monoisotopic (exact) mass is 462 g/mol. The number of nitrogens with one attached hydrogen (secondary N) is 2. The molecule has 1 atom stereocenters. The molecule has 0 aliphatic carbocycles. The second-order valence-electron chi connectivity index (χ2n) is 6.70. The van der Waals surface area contributed by atoms with Gasteiger partial charge in [0.05, 0.1) is 12.1 Å². The van der Waals surface area contributed by atoms with E-state index in [2.05, 4.69) is 36.7 Å². The Morgan fingerprint density at radius 3 is 2.93 bits per heavy atom. The summed E-state index contributed by atoms with van der Waals surface area (Å²) in [5.41, 5.74) is 1.74. The maximum atomic E-state index is 11.8. The van der Waals surface area contributed by atoms with Crippen LogP contribution in [0.5, 0.6) is 0 Å². The fourth-order valence-corrected chi connectivity index (χ4v) is 3.26. The van der Waals surface area contributed by atoms with Crippen molar-refractivity contribution in [1.29, 1.82) is 0 Å². The van der Waals surface area contributed by atoms with E-state index in [4.69, 9.17) is 9.57 Å². The number of carbonyl (C=O) groups excluding carboxylic acids is 2.